The van der Waals surface area contributed by atoms with Gasteiger partial charge in [0, 0.05) is 17.6 Å². The molecule has 1 rings (SSSR count). The summed E-state index contributed by atoms with van der Waals surface area (Å²) in [5.74, 6) is 0. The third kappa shape index (κ3) is 3.52. The van der Waals surface area contributed by atoms with E-state index in [2.05, 4.69) is 24.9 Å². The summed E-state index contributed by atoms with van der Waals surface area (Å²) in [6, 6.07) is 8.22. The molecule has 0 heterocycles. The Morgan fingerprint density at radius 2 is 2.29 bits per heavy atom. The monoisotopic (exact) mass is 209 g/mol. The van der Waals surface area contributed by atoms with Crippen molar-refractivity contribution in [3.05, 3.63) is 47.0 Å². The Hall–Kier alpha value is -0.790. The van der Waals surface area contributed by atoms with Gasteiger partial charge in [0.2, 0.25) is 0 Å². The molecule has 1 atom stereocenters. The zero-order chi connectivity index (χ0) is 10.6. The lowest BCUT2D eigenvalue weighted by atomic mass is 10.1. The Bertz CT molecular complexity index is 320. The van der Waals surface area contributed by atoms with E-state index in [0.29, 0.717) is 6.04 Å². The summed E-state index contributed by atoms with van der Waals surface area (Å²) >= 11 is 5.91. The van der Waals surface area contributed by atoms with Crippen LogP contribution in [0, 0.1) is 0 Å². The van der Waals surface area contributed by atoms with Crippen LogP contribution in [0.25, 0.3) is 0 Å². The SMILES string of the molecule is C=C(C)CN[C@@H](C)c1cccc(Cl)c1. The maximum absolute atomic E-state index is 5.91. The molecule has 0 fully saturated rings. The zero-order valence-electron chi connectivity index (χ0n) is 8.68. The summed E-state index contributed by atoms with van der Waals surface area (Å²) in [7, 11) is 0. The number of benzene rings is 1. The van der Waals surface area contributed by atoms with E-state index >= 15 is 0 Å². The first-order valence-electron chi connectivity index (χ1n) is 4.73. The molecule has 0 aromatic heterocycles. The topological polar surface area (TPSA) is 12.0 Å². The molecule has 0 radical (unpaired) electrons. The van der Waals surface area contributed by atoms with Crippen LogP contribution < -0.4 is 5.32 Å². The highest BCUT2D eigenvalue weighted by Crippen LogP contribution is 2.17. The van der Waals surface area contributed by atoms with Crippen molar-refractivity contribution in [2.24, 2.45) is 0 Å². The van der Waals surface area contributed by atoms with Gasteiger partial charge in [-0.25, -0.2) is 0 Å². The standard InChI is InChI=1S/C12H16ClN/c1-9(2)8-14-10(3)11-5-4-6-12(13)7-11/h4-7,10,14H,1,8H2,2-3H3/t10-/m0/s1. The van der Waals surface area contributed by atoms with Crippen LogP contribution in [-0.2, 0) is 0 Å². The van der Waals surface area contributed by atoms with Crippen molar-refractivity contribution < 1.29 is 0 Å². The van der Waals surface area contributed by atoms with Gasteiger partial charge in [-0.2, -0.15) is 0 Å². The van der Waals surface area contributed by atoms with Crippen molar-refractivity contribution in [1.82, 2.24) is 5.32 Å². The minimum atomic E-state index is 0.311. The maximum atomic E-state index is 5.91. The van der Waals surface area contributed by atoms with Crippen LogP contribution in [0.5, 0.6) is 0 Å². The largest absolute Gasteiger partial charge is 0.306 e. The fourth-order valence-electron chi connectivity index (χ4n) is 1.22. The molecule has 76 valence electrons. The van der Waals surface area contributed by atoms with E-state index in [4.69, 9.17) is 11.6 Å². The first-order chi connectivity index (χ1) is 6.59. The molecule has 0 unspecified atom stereocenters. The Balaban J connectivity index is 2.60. The smallest absolute Gasteiger partial charge is 0.0409 e. The molecule has 2 heteroatoms. The van der Waals surface area contributed by atoms with E-state index in [9.17, 15) is 0 Å². The van der Waals surface area contributed by atoms with Crippen LogP contribution >= 0.6 is 11.6 Å². The fraction of sp³-hybridized carbons (Fsp3) is 0.333. The molecule has 0 aliphatic heterocycles. The van der Waals surface area contributed by atoms with E-state index in [1.807, 2.05) is 25.1 Å². The molecule has 0 saturated carbocycles. The number of hydrogen-bond donors (Lipinski definition) is 1. The molecule has 0 saturated heterocycles. The van der Waals surface area contributed by atoms with Crippen molar-refractivity contribution >= 4 is 11.6 Å². The average molecular weight is 210 g/mol. The van der Waals surface area contributed by atoms with Gasteiger partial charge in [-0.3, -0.25) is 0 Å². The second-order valence-electron chi connectivity index (χ2n) is 3.61. The summed E-state index contributed by atoms with van der Waals surface area (Å²) in [5.41, 5.74) is 2.35. The molecular weight excluding hydrogens is 194 g/mol. The van der Waals surface area contributed by atoms with Crippen LogP contribution in [0.4, 0.5) is 0 Å². The number of halogens is 1. The van der Waals surface area contributed by atoms with Crippen LogP contribution in [0.2, 0.25) is 5.02 Å². The predicted octanol–water partition coefficient (Wildman–Crippen LogP) is 3.57. The summed E-state index contributed by atoms with van der Waals surface area (Å²) in [6.07, 6.45) is 0. The molecule has 0 aliphatic rings. The van der Waals surface area contributed by atoms with Crippen LogP contribution in [0.1, 0.15) is 25.5 Å². The molecular formula is C12H16ClN. The molecule has 0 aliphatic carbocycles. The number of nitrogens with one attached hydrogen (secondary N) is 1. The molecule has 1 nitrogen and oxygen atoms in total. The molecule has 14 heavy (non-hydrogen) atoms. The lowest BCUT2D eigenvalue weighted by Crippen LogP contribution is -2.20. The van der Waals surface area contributed by atoms with Gasteiger partial charge < -0.3 is 5.32 Å². The highest BCUT2D eigenvalue weighted by molar-refractivity contribution is 6.30. The van der Waals surface area contributed by atoms with Gasteiger partial charge in [-0.1, -0.05) is 35.9 Å². The number of hydrogen-bond acceptors (Lipinski definition) is 1. The maximum Gasteiger partial charge on any atom is 0.0409 e. The first-order valence-corrected chi connectivity index (χ1v) is 5.10. The highest BCUT2D eigenvalue weighted by atomic mass is 35.5. The molecule has 1 aromatic carbocycles. The lowest BCUT2D eigenvalue weighted by molar-refractivity contribution is 0.607. The molecule has 0 bridgehead atoms. The van der Waals surface area contributed by atoms with E-state index < -0.39 is 0 Å². The van der Waals surface area contributed by atoms with E-state index in [-0.39, 0.29) is 0 Å². The van der Waals surface area contributed by atoms with Crippen LogP contribution in [-0.4, -0.2) is 6.54 Å². The highest BCUT2D eigenvalue weighted by Gasteiger charge is 2.03. The van der Waals surface area contributed by atoms with E-state index in [1.54, 1.807) is 0 Å². The molecule has 1 aromatic rings. The van der Waals surface area contributed by atoms with Gasteiger partial charge in [0.05, 0.1) is 0 Å². The summed E-state index contributed by atoms with van der Waals surface area (Å²) in [4.78, 5) is 0. The van der Waals surface area contributed by atoms with Crippen molar-refractivity contribution in [3.63, 3.8) is 0 Å². The van der Waals surface area contributed by atoms with Gasteiger partial charge in [0.25, 0.3) is 0 Å². The minimum Gasteiger partial charge on any atom is -0.306 e. The quantitative estimate of drug-likeness (QED) is 0.748. The predicted molar refractivity (Wildman–Crippen MR) is 62.7 cm³/mol. The van der Waals surface area contributed by atoms with Crippen molar-refractivity contribution in [3.8, 4) is 0 Å². The molecule has 1 N–H and O–H groups in total. The van der Waals surface area contributed by atoms with Crippen LogP contribution in [0.3, 0.4) is 0 Å². The fourth-order valence-corrected chi connectivity index (χ4v) is 1.42. The molecule has 0 spiro atoms. The summed E-state index contributed by atoms with van der Waals surface area (Å²) in [6.45, 7) is 8.82. The van der Waals surface area contributed by atoms with Gasteiger partial charge in [-0.15, -0.1) is 0 Å². The summed E-state index contributed by atoms with van der Waals surface area (Å²) < 4.78 is 0. The molecule has 0 amide bonds. The third-order valence-corrected chi connectivity index (χ3v) is 2.29. The van der Waals surface area contributed by atoms with Crippen molar-refractivity contribution in [2.75, 3.05) is 6.54 Å². The van der Waals surface area contributed by atoms with Gasteiger partial charge in [0.15, 0.2) is 0 Å². The second kappa shape index (κ2) is 5.18. The Morgan fingerprint density at radius 1 is 1.57 bits per heavy atom. The third-order valence-electron chi connectivity index (χ3n) is 2.06. The number of rotatable bonds is 4. The van der Waals surface area contributed by atoms with Crippen molar-refractivity contribution in [1.29, 1.82) is 0 Å². The zero-order valence-corrected chi connectivity index (χ0v) is 9.43. The van der Waals surface area contributed by atoms with Crippen molar-refractivity contribution in [2.45, 2.75) is 19.9 Å². The van der Waals surface area contributed by atoms with E-state index in [1.165, 1.54) is 5.56 Å². The van der Waals surface area contributed by atoms with Gasteiger partial charge >= 0.3 is 0 Å². The van der Waals surface area contributed by atoms with Crippen LogP contribution in [0.15, 0.2) is 36.4 Å². The van der Waals surface area contributed by atoms with Gasteiger partial charge in [-0.05, 0) is 31.5 Å². The van der Waals surface area contributed by atoms with Gasteiger partial charge in [0.1, 0.15) is 0 Å². The Morgan fingerprint density at radius 3 is 2.86 bits per heavy atom. The summed E-state index contributed by atoms with van der Waals surface area (Å²) in [5, 5.41) is 4.15. The lowest BCUT2D eigenvalue weighted by Gasteiger charge is -2.14. The second-order valence-corrected chi connectivity index (χ2v) is 4.05. The normalized spacial score (nSPS) is 12.5. The first kappa shape index (κ1) is 11.3. The minimum absolute atomic E-state index is 0.311. The average Bonchev–Trinajstić information content (AvgIpc) is 2.14. The Labute approximate surface area is 90.8 Å². The Kier molecular flexibility index (Phi) is 4.18. The van der Waals surface area contributed by atoms with E-state index in [0.717, 1.165) is 17.1 Å².